The number of H-pyrrole nitrogens is 1. The van der Waals surface area contributed by atoms with Crippen molar-refractivity contribution in [2.75, 3.05) is 13.7 Å². The van der Waals surface area contributed by atoms with Gasteiger partial charge in [0.25, 0.3) is 0 Å². The molecule has 1 saturated carbocycles. The van der Waals surface area contributed by atoms with E-state index in [0.717, 1.165) is 23.8 Å². The molecule has 0 atom stereocenters. The monoisotopic (exact) mass is 442 g/mol. The van der Waals surface area contributed by atoms with Crippen molar-refractivity contribution in [3.63, 3.8) is 0 Å². The molecule has 1 aromatic heterocycles. The first-order chi connectivity index (χ1) is 11.2. The zero-order chi connectivity index (χ0) is 16.1. The molecule has 0 amide bonds. The SMILES string of the molecule is COc1ccc(-c2n[nH]c(CN=C(N)NCC3CCC3)n2)cc1.I. The summed E-state index contributed by atoms with van der Waals surface area (Å²) in [5, 5.41) is 10.3. The van der Waals surface area contributed by atoms with Gasteiger partial charge >= 0.3 is 0 Å². The van der Waals surface area contributed by atoms with E-state index in [0.29, 0.717) is 24.2 Å². The molecule has 1 heterocycles. The number of nitrogens with one attached hydrogen (secondary N) is 2. The van der Waals surface area contributed by atoms with Crippen LogP contribution in [0.1, 0.15) is 25.1 Å². The van der Waals surface area contributed by atoms with Crippen LogP contribution >= 0.6 is 24.0 Å². The van der Waals surface area contributed by atoms with E-state index in [1.807, 2.05) is 24.3 Å². The number of aromatic nitrogens is 3. The van der Waals surface area contributed by atoms with E-state index in [-0.39, 0.29) is 24.0 Å². The van der Waals surface area contributed by atoms with Crippen LogP contribution in [-0.4, -0.2) is 34.8 Å². The number of ether oxygens (including phenoxy) is 1. The summed E-state index contributed by atoms with van der Waals surface area (Å²) in [7, 11) is 1.64. The summed E-state index contributed by atoms with van der Waals surface area (Å²) in [5.41, 5.74) is 6.79. The molecule has 130 valence electrons. The van der Waals surface area contributed by atoms with Gasteiger partial charge < -0.3 is 15.8 Å². The molecule has 1 aliphatic rings. The first kappa shape index (κ1) is 18.5. The number of halogens is 1. The van der Waals surface area contributed by atoms with Gasteiger partial charge in [-0.3, -0.25) is 5.10 Å². The summed E-state index contributed by atoms with van der Waals surface area (Å²) in [6.07, 6.45) is 3.90. The van der Waals surface area contributed by atoms with Crippen molar-refractivity contribution in [3.8, 4) is 17.1 Å². The Labute approximate surface area is 158 Å². The average molecular weight is 442 g/mol. The fraction of sp³-hybridized carbons (Fsp3) is 0.438. The van der Waals surface area contributed by atoms with E-state index in [4.69, 9.17) is 10.5 Å². The Morgan fingerprint density at radius 3 is 2.75 bits per heavy atom. The predicted molar refractivity (Wildman–Crippen MR) is 104 cm³/mol. The van der Waals surface area contributed by atoms with Crippen molar-refractivity contribution in [2.24, 2.45) is 16.6 Å². The second-order valence-electron chi connectivity index (χ2n) is 5.71. The number of benzene rings is 1. The molecule has 0 spiro atoms. The first-order valence-electron chi connectivity index (χ1n) is 7.84. The summed E-state index contributed by atoms with van der Waals surface area (Å²) in [4.78, 5) is 8.72. The van der Waals surface area contributed by atoms with Gasteiger partial charge in [0.2, 0.25) is 0 Å². The van der Waals surface area contributed by atoms with Crippen molar-refractivity contribution < 1.29 is 4.74 Å². The van der Waals surface area contributed by atoms with Gasteiger partial charge in [0.15, 0.2) is 11.8 Å². The van der Waals surface area contributed by atoms with Crippen LogP contribution in [0.15, 0.2) is 29.3 Å². The minimum Gasteiger partial charge on any atom is -0.497 e. The Bertz CT molecular complexity index is 665. The van der Waals surface area contributed by atoms with Gasteiger partial charge in [-0.05, 0) is 43.0 Å². The Hall–Kier alpha value is -1.84. The van der Waals surface area contributed by atoms with Crippen LogP contribution in [-0.2, 0) is 6.54 Å². The third-order valence-electron chi connectivity index (χ3n) is 4.08. The highest BCUT2D eigenvalue weighted by Crippen LogP contribution is 2.25. The number of aliphatic imine (C=N–C) groups is 1. The second-order valence-corrected chi connectivity index (χ2v) is 5.71. The number of nitrogens with zero attached hydrogens (tertiary/aromatic N) is 3. The lowest BCUT2D eigenvalue weighted by molar-refractivity contribution is 0.315. The van der Waals surface area contributed by atoms with Crippen molar-refractivity contribution in [2.45, 2.75) is 25.8 Å². The van der Waals surface area contributed by atoms with Gasteiger partial charge in [-0.15, -0.1) is 24.0 Å². The van der Waals surface area contributed by atoms with Crippen LogP contribution < -0.4 is 15.8 Å². The molecule has 3 rings (SSSR count). The number of aromatic amines is 1. The third-order valence-corrected chi connectivity index (χ3v) is 4.08. The molecule has 1 fully saturated rings. The Balaban J connectivity index is 0.00000208. The zero-order valence-corrected chi connectivity index (χ0v) is 16.0. The van der Waals surface area contributed by atoms with Gasteiger partial charge in [0.1, 0.15) is 18.1 Å². The molecule has 7 nitrogen and oxygen atoms in total. The Morgan fingerprint density at radius 1 is 1.38 bits per heavy atom. The summed E-state index contributed by atoms with van der Waals surface area (Å²) in [6, 6.07) is 7.60. The van der Waals surface area contributed by atoms with Gasteiger partial charge in [0.05, 0.1) is 7.11 Å². The van der Waals surface area contributed by atoms with Crippen molar-refractivity contribution in [3.05, 3.63) is 30.1 Å². The van der Waals surface area contributed by atoms with Crippen LogP contribution in [0, 0.1) is 5.92 Å². The second kappa shape index (κ2) is 8.86. The first-order valence-corrected chi connectivity index (χ1v) is 7.84. The molecule has 0 unspecified atom stereocenters. The van der Waals surface area contributed by atoms with Crippen LogP contribution in [0.3, 0.4) is 0 Å². The molecule has 0 saturated heterocycles. The highest BCUT2D eigenvalue weighted by atomic mass is 127. The summed E-state index contributed by atoms with van der Waals surface area (Å²) < 4.78 is 5.14. The maximum Gasteiger partial charge on any atom is 0.189 e. The lowest BCUT2D eigenvalue weighted by atomic mass is 9.85. The Kier molecular flexibility index (Phi) is 6.83. The van der Waals surface area contributed by atoms with E-state index in [2.05, 4.69) is 25.5 Å². The lowest BCUT2D eigenvalue weighted by Gasteiger charge is -2.25. The molecule has 8 heteroatoms. The molecule has 0 radical (unpaired) electrons. The van der Waals surface area contributed by atoms with E-state index in [1.165, 1.54) is 19.3 Å². The largest absolute Gasteiger partial charge is 0.497 e. The smallest absolute Gasteiger partial charge is 0.189 e. The maximum absolute atomic E-state index is 5.86. The van der Waals surface area contributed by atoms with E-state index < -0.39 is 0 Å². The summed E-state index contributed by atoms with van der Waals surface area (Å²) >= 11 is 0. The molecule has 1 aromatic carbocycles. The number of methoxy groups -OCH3 is 1. The van der Waals surface area contributed by atoms with Crippen molar-refractivity contribution in [1.29, 1.82) is 0 Å². The Morgan fingerprint density at radius 2 is 2.12 bits per heavy atom. The maximum atomic E-state index is 5.86. The molecule has 24 heavy (non-hydrogen) atoms. The predicted octanol–water partition coefficient (Wildman–Crippen LogP) is 2.30. The standard InChI is InChI=1S/C16H22N6O.HI/c1-23-13-7-5-12(6-8-13)15-20-14(21-22-15)10-19-16(17)18-9-11-3-2-4-11;/h5-8,11H,2-4,9-10H2,1H3,(H3,17,18,19)(H,20,21,22);1H. The number of hydrogen-bond donors (Lipinski definition) is 3. The number of nitrogens with two attached hydrogens (primary N) is 1. The fourth-order valence-electron chi connectivity index (χ4n) is 2.40. The van der Waals surface area contributed by atoms with Gasteiger partial charge in [-0.25, -0.2) is 9.98 Å². The van der Waals surface area contributed by atoms with Crippen molar-refractivity contribution in [1.82, 2.24) is 20.5 Å². The lowest BCUT2D eigenvalue weighted by Crippen LogP contribution is -2.37. The van der Waals surface area contributed by atoms with E-state index in [9.17, 15) is 0 Å². The molecular formula is C16H23IN6O. The van der Waals surface area contributed by atoms with Crippen LogP contribution in [0.25, 0.3) is 11.4 Å². The molecule has 0 bridgehead atoms. The highest BCUT2D eigenvalue weighted by molar-refractivity contribution is 14.0. The molecule has 4 N–H and O–H groups in total. The van der Waals surface area contributed by atoms with E-state index >= 15 is 0 Å². The van der Waals surface area contributed by atoms with Gasteiger partial charge in [0, 0.05) is 12.1 Å². The fourth-order valence-corrected chi connectivity index (χ4v) is 2.40. The van der Waals surface area contributed by atoms with E-state index in [1.54, 1.807) is 7.11 Å². The van der Waals surface area contributed by atoms with Crippen molar-refractivity contribution >= 4 is 29.9 Å². The molecular weight excluding hydrogens is 419 g/mol. The summed E-state index contributed by atoms with van der Waals surface area (Å²) in [5.74, 6) is 3.33. The molecule has 0 aliphatic heterocycles. The van der Waals surface area contributed by atoms with Gasteiger partial charge in [-0.2, -0.15) is 5.10 Å². The van der Waals surface area contributed by atoms with Gasteiger partial charge in [-0.1, -0.05) is 6.42 Å². The normalized spacial score (nSPS) is 14.6. The topological polar surface area (TPSA) is 101 Å². The molecule has 1 aliphatic carbocycles. The highest BCUT2D eigenvalue weighted by Gasteiger charge is 2.16. The number of hydrogen-bond acceptors (Lipinski definition) is 4. The quantitative estimate of drug-likeness (QED) is 0.362. The summed E-state index contributed by atoms with van der Waals surface area (Å²) in [6.45, 7) is 1.29. The van der Waals surface area contributed by atoms with Crippen LogP contribution in [0.4, 0.5) is 0 Å². The minimum atomic E-state index is 0. The van der Waals surface area contributed by atoms with Crippen LogP contribution in [0.5, 0.6) is 5.75 Å². The number of rotatable bonds is 6. The number of guanidine groups is 1. The van der Waals surface area contributed by atoms with Crippen LogP contribution in [0.2, 0.25) is 0 Å². The minimum absolute atomic E-state index is 0. The average Bonchev–Trinajstić information content (AvgIpc) is 3.00. The molecule has 2 aromatic rings. The zero-order valence-electron chi connectivity index (χ0n) is 13.7. The third kappa shape index (κ3) is 4.83.